The van der Waals surface area contributed by atoms with Gasteiger partial charge in [-0.1, -0.05) is 31.4 Å². The van der Waals surface area contributed by atoms with E-state index in [2.05, 4.69) is 21.9 Å². The third kappa shape index (κ3) is 4.76. The molecule has 0 spiro atoms. The van der Waals surface area contributed by atoms with Crippen molar-refractivity contribution >= 4 is 5.91 Å². The SMILES string of the molecule is COc1cccc(C[C@@]2(CO)CCCN(C(=O)C3(N4CCOCC4)CCCCC3)C2)c1. The molecule has 1 aromatic carbocycles. The van der Waals surface area contributed by atoms with Gasteiger partial charge in [0.25, 0.3) is 0 Å². The normalized spacial score (nSPS) is 27.1. The van der Waals surface area contributed by atoms with Gasteiger partial charge in [-0.15, -0.1) is 0 Å². The zero-order valence-electron chi connectivity index (χ0n) is 19.0. The van der Waals surface area contributed by atoms with E-state index in [-0.39, 0.29) is 23.5 Å². The van der Waals surface area contributed by atoms with E-state index in [1.54, 1.807) is 7.11 Å². The first-order valence-electron chi connectivity index (χ1n) is 12.0. The van der Waals surface area contributed by atoms with Crippen molar-refractivity contribution in [2.45, 2.75) is 56.9 Å². The lowest BCUT2D eigenvalue weighted by Crippen LogP contribution is -2.64. The van der Waals surface area contributed by atoms with Gasteiger partial charge in [0.15, 0.2) is 0 Å². The molecule has 0 unspecified atom stereocenters. The molecule has 1 amide bonds. The number of nitrogens with zero attached hydrogens (tertiary/aromatic N) is 2. The molecular weight excluding hydrogens is 392 g/mol. The van der Waals surface area contributed by atoms with Crippen LogP contribution in [-0.4, -0.2) is 79.5 Å². The maximum atomic E-state index is 14.1. The summed E-state index contributed by atoms with van der Waals surface area (Å²) < 4.78 is 11.0. The van der Waals surface area contributed by atoms with Crippen molar-refractivity contribution in [3.63, 3.8) is 0 Å². The molecule has 6 heteroatoms. The monoisotopic (exact) mass is 430 g/mol. The van der Waals surface area contributed by atoms with Crippen LogP contribution in [0.3, 0.4) is 0 Å². The van der Waals surface area contributed by atoms with Crippen molar-refractivity contribution in [2.24, 2.45) is 5.41 Å². The Hall–Kier alpha value is -1.63. The molecule has 1 N–H and O–H groups in total. The molecule has 2 aliphatic heterocycles. The first-order valence-corrected chi connectivity index (χ1v) is 12.0. The van der Waals surface area contributed by atoms with Crippen LogP contribution in [0.15, 0.2) is 24.3 Å². The van der Waals surface area contributed by atoms with Crippen LogP contribution in [0.25, 0.3) is 0 Å². The summed E-state index contributed by atoms with van der Waals surface area (Å²) in [5.41, 5.74) is 0.487. The van der Waals surface area contributed by atoms with E-state index in [1.807, 2.05) is 12.1 Å². The number of hydrogen-bond acceptors (Lipinski definition) is 5. The fourth-order valence-electron chi connectivity index (χ4n) is 6.01. The molecule has 2 saturated heterocycles. The van der Waals surface area contributed by atoms with Gasteiger partial charge in [-0.25, -0.2) is 0 Å². The molecule has 4 rings (SSSR count). The molecule has 1 saturated carbocycles. The van der Waals surface area contributed by atoms with Crippen molar-refractivity contribution in [3.8, 4) is 5.75 Å². The third-order valence-corrected chi connectivity index (χ3v) is 7.69. The number of aliphatic hydroxyl groups excluding tert-OH is 1. The highest BCUT2D eigenvalue weighted by molar-refractivity contribution is 5.86. The molecule has 0 radical (unpaired) electrons. The van der Waals surface area contributed by atoms with Gasteiger partial charge in [0, 0.05) is 31.6 Å². The van der Waals surface area contributed by atoms with Gasteiger partial charge in [0.1, 0.15) is 11.3 Å². The number of carbonyl (C=O) groups is 1. The second-order valence-electron chi connectivity index (χ2n) is 9.71. The van der Waals surface area contributed by atoms with E-state index < -0.39 is 0 Å². The lowest BCUT2D eigenvalue weighted by Gasteiger charge is -2.51. The van der Waals surface area contributed by atoms with Crippen LogP contribution >= 0.6 is 0 Å². The van der Waals surface area contributed by atoms with Gasteiger partial charge >= 0.3 is 0 Å². The number of morpholine rings is 1. The van der Waals surface area contributed by atoms with E-state index in [9.17, 15) is 9.90 Å². The number of likely N-dealkylation sites (tertiary alicyclic amines) is 1. The Kier molecular flexibility index (Phi) is 7.19. The minimum atomic E-state index is -0.378. The molecular formula is C25H38N2O4. The summed E-state index contributed by atoms with van der Waals surface area (Å²) in [6.07, 6.45) is 7.99. The smallest absolute Gasteiger partial charge is 0.243 e. The number of hydrogen-bond donors (Lipinski definition) is 1. The molecule has 1 atom stereocenters. The predicted octanol–water partition coefficient (Wildman–Crippen LogP) is 2.87. The molecule has 1 aromatic rings. The highest BCUT2D eigenvalue weighted by Gasteiger charge is 2.49. The molecule has 0 aromatic heterocycles. The van der Waals surface area contributed by atoms with Gasteiger partial charge in [0.05, 0.1) is 26.9 Å². The van der Waals surface area contributed by atoms with E-state index >= 15 is 0 Å². The molecule has 3 aliphatic rings. The summed E-state index contributed by atoms with van der Waals surface area (Å²) in [4.78, 5) is 18.6. The maximum Gasteiger partial charge on any atom is 0.243 e. The average Bonchev–Trinajstić information content (AvgIpc) is 2.84. The Labute approximate surface area is 186 Å². The standard InChI is InChI=1S/C25H38N2O4/c1-30-22-8-5-7-21(17-22)18-24(20-28)9-6-12-26(19-24)23(29)25(10-3-2-4-11-25)27-13-15-31-16-14-27/h5,7-8,17,28H,2-4,6,9-16,18-20H2,1H3/t24-/m0/s1. The minimum Gasteiger partial charge on any atom is -0.497 e. The van der Waals surface area contributed by atoms with Crippen LogP contribution in [0.2, 0.25) is 0 Å². The van der Waals surface area contributed by atoms with Crippen molar-refractivity contribution in [3.05, 3.63) is 29.8 Å². The van der Waals surface area contributed by atoms with Crippen molar-refractivity contribution < 1.29 is 19.4 Å². The van der Waals surface area contributed by atoms with Crippen molar-refractivity contribution in [2.75, 3.05) is 53.1 Å². The van der Waals surface area contributed by atoms with Crippen molar-refractivity contribution in [1.29, 1.82) is 0 Å². The summed E-state index contributed by atoms with van der Waals surface area (Å²) >= 11 is 0. The van der Waals surface area contributed by atoms with E-state index in [0.717, 1.165) is 75.9 Å². The maximum absolute atomic E-state index is 14.1. The van der Waals surface area contributed by atoms with Crippen LogP contribution in [0.5, 0.6) is 5.75 Å². The summed E-state index contributed by atoms with van der Waals surface area (Å²) in [6.45, 7) is 4.63. The quantitative estimate of drug-likeness (QED) is 0.752. The Morgan fingerprint density at radius 3 is 2.58 bits per heavy atom. The van der Waals surface area contributed by atoms with Gasteiger partial charge < -0.3 is 19.5 Å². The lowest BCUT2D eigenvalue weighted by molar-refractivity contribution is -0.155. The Bertz CT molecular complexity index is 743. The molecule has 2 heterocycles. The Morgan fingerprint density at radius 2 is 1.87 bits per heavy atom. The zero-order chi connectivity index (χ0) is 21.7. The van der Waals surface area contributed by atoms with Gasteiger partial charge in [-0.2, -0.15) is 0 Å². The fraction of sp³-hybridized carbons (Fsp3) is 0.720. The number of rotatable bonds is 6. The van der Waals surface area contributed by atoms with Crippen LogP contribution in [0.4, 0.5) is 0 Å². The lowest BCUT2D eigenvalue weighted by atomic mass is 9.74. The minimum absolute atomic E-state index is 0.0958. The number of benzene rings is 1. The van der Waals surface area contributed by atoms with Crippen LogP contribution < -0.4 is 4.74 Å². The predicted molar refractivity (Wildman–Crippen MR) is 120 cm³/mol. The topological polar surface area (TPSA) is 62.2 Å². The fourth-order valence-corrected chi connectivity index (χ4v) is 6.01. The summed E-state index contributed by atoms with van der Waals surface area (Å²) in [5, 5.41) is 10.5. The number of aliphatic hydroxyl groups is 1. The van der Waals surface area contributed by atoms with E-state index in [4.69, 9.17) is 9.47 Å². The number of carbonyl (C=O) groups excluding carboxylic acids is 1. The molecule has 1 aliphatic carbocycles. The summed E-state index contributed by atoms with van der Waals surface area (Å²) in [5.74, 6) is 1.13. The number of piperidine rings is 1. The van der Waals surface area contributed by atoms with Crippen LogP contribution in [-0.2, 0) is 16.0 Å². The zero-order valence-corrected chi connectivity index (χ0v) is 19.0. The van der Waals surface area contributed by atoms with Gasteiger partial charge in [0.2, 0.25) is 5.91 Å². The first kappa shape index (κ1) is 22.6. The second-order valence-corrected chi connectivity index (χ2v) is 9.71. The Morgan fingerprint density at radius 1 is 1.10 bits per heavy atom. The van der Waals surface area contributed by atoms with Crippen LogP contribution in [0, 0.1) is 5.41 Å². The second kappa shape index (κ2) is 9.88. The molecule has 3 fully saturated rings. The third-order valence-electron chi connectivity index (χ3n) is 7.69. The Balaban J connectivity index is 1.54. The summed E-state index contributed by atoms with van der Waals surface area (Å²) in [6, 6.07) is 8.09. The van der Waals surface area contributed by atoms with Crippen LogP contribution in [0.1, 0.15) is 50.5 Å². The van der Waals surface area contributed by atoms with E-state index in [1.165, 1.54) is 6.42 Å². The first-order chi connectivity index (χ1) is 15.1. The summed E-state index contributed by atoms with van der Waals surface area (Å²) in [7, 11) is 1.68. The van der Waals surface area contributed by atoms with E-state index in [0.29, 0.717) is 19.8 Å². The largest absolute Gasteiger partial charge is 0.497 e. The highest BCUT2D eigenvalue weighted by atomic mass is 16.5. The number of amides is 1. The highest BCUT2D eigenvalue weighted by Crippen LogP contribution is 2.40. The molecule has 6 nitrogen and oxygen atoms in total. The number of methoxy groups -OCH3 is 1. The molecule has 0 bridgehead atoms. The molecule has 31 heavy (non-hydrogen) atoms. The molecule has 172 valence electrons. The number of ether oxygens (including phenoxy) is 2. The van der Waals surface area contributed by atoms with Gasteiger partial charge in [-0.3, -0.25) is 9.69 Å². The van der Waals surface area contributed by atoms with Crippen molar-refractivity contribution in [1.82, 2.24) is 9.80 Å². The van der Waals surface area contributed by atoms with Gasteiger partial charge in [-0.05, 0) is 49.8 Å². The average molecular weight is 431 g/mol.